The number of aryl methyl sites for hydroxylation is 1. The monoisotopic (exact) mass is 511 g/mol. The number of likely N-dealkylation sites (tertiary alicyclic amines) is 1. The fraction of sp³-hybridized carbons (Fsp3) is 0.387. The molecule has 38 heavy (non-hydrogen) atoms. The number of allylic oxidation sites excluding steroid dienone is 1. The molecule has 0 aliphatic carbocycles. The lowest BCUT2D eigenvalue weighted by Crippen LogP contribution is -2.33. The lowest BCUT2D eigenvalue weighted by Gasteiger charge is -2.31. The molecule has 1 fully saturated rings. The van der Waals surface area contributed by atoms with E-state index in [9.17, 15) is 9.59 Å². The second-order valence-corrected chi connectivity index (χ2v) is 10.2. The first-order valence-corrected chi connectivity index (χ1v) is 13.4. The SMILES string of the molecule is C=N/C=C(C=O)\C=N/CN1CCC(c2ccc3c(c2)-n2c(nc(=O)c4c(C)cccc42)C3(C)C)CC1.CC. The number of benzene rings is 2. The first-order valence-electron chi connectivity index (χ1n) is 13.4. The van der Waals surface area contributed by atoms with Crippen molar-refractivity contribution in [3.05, 3.63) is 81.0 Å². The van der Waals surface area contributed by atoms with Crippen molar-refractivity contribution < 1.29 is 4.79 Å². The Balaban J connectivity index is 0.00000164. The summed E-state index contributed by atoms with van der Waals surface area (Å²) in [6.45, 7) is 16.1. The van der Waals surface area contributed by atoms with Crippen LogP contribution in [0.1, 0.15) is 69.0 Å². The molecular formula is C31H37N5O2. The fourth-order valence-corrected chi connectivity index (χ4v) is 5.60. The van der Waals surface area contributed by atoms with E-state index in [2.05, 4.69) is 63.2 Å². The van der Waals surface area contributed by atoms with Crippen LogP contribution in [0.4, 0.5) is 0 Å². The van der Waals surface area contributed by atoms with Gasteiger partial charge in [0.2, 0.25) is 0 Å². The second-order valence-electron chi connectivity index (χ2n) is 10.2. The van der Waals surface area contributed by atoms with Crippen LogP contribution < -0.4 is 5.56 Å². The second kappa shape index (κ2) is 11.4. The van der Waals surface area contributed by atoms with Gasteiger partial charge < -0.3 is 0 Å². The Hall–Kier alpha value is -3.71. The molecule has 0 atom stereocenters. The van der Waals surface area contributed by atoms with Crippen molar-refractivity contribution in [1.82, 2.24) is 14.5 Å². The minimum Gasteiger partial charge on any atom is -0.298 e. The van der Waals surface area contributed by atoms with E-state index in [0.29, 0.717) is 23.5 Å². The number of aromatic nitrogens is 2. The summed E-state index contributed by atoms with van der Waals surface area (Å²) in [6.07, 6.45) is 5.77. The summed E-state index contributed by atoms with van der Waals surface area (Å²) in [5.74, 6) is 1.26. The van der Waals surface area contributed by atoms with Crippen molar-refractivity contribution >= 4 is 30.1 Å². The first-order chi connectivity index (χ1) is 18.3. The Morgan fingerprint density at radius 2 is 1.92 bits per heavy atom. The normalized spacial score (nSPS) is 17.1. The third-order valence-electron chi connectivity index (χ3n) is 7.58. The summed E-state index contributed by atoms with van der Waals surface area (Å²) in [7, 11) is 0. The largest absolute Gasteiger partial charge is 0.298 e. The minimum absolute atomic E-state index is 0.151. The van der Waals surface area contributed by atoms with E-state index in [0.717, 1.165) is 54.8 Å². The third kappa shape index (κ3) is 4.90. The Labute approximate surface area is 224 Å². The van der Waals surface area contributed by atoms with Gasteiger partial charge in [-0.25, -0.2) is 0 Å². The van der Waals surface area contributed by atoms with E-state index in [1.807, 2.05) is 39.0 Å². The zero-order chi connectivity index (χ0) is 27.4. The molecule has 1 aromatic heterocycles. The summed E-state index contributed by atoms with van der Waals surface area (Å²) in [5.41, 5.74) is 5.46. The predicted octanol–water partition coefficient (Wildman–Crippen LogP) is 5.35. The molecule has 3 aromatic rings. The van der Waals surface area contributed by atoms with E-state index < -0.39 is 0 Å². The van der Waals surface area contributed by atoms with E-state index in [1.54, 1.807) is 6.21 Å². The average Bonchev–Trinajstić information content (AvgIpc) is 3.15. The van der Waals surface area contributed by atoms with Gasteiger partial charge in [0.25, 0.3) is 5.56 Å². The molecule has 0 unspecified atom stereocenters. The van der Waals surface area contributed by atoms with E-state index in [-0.39, 0.29) is 11.0 Å². The lowest BCUT2D eigenvalue weighted by molar-refractivity contribution is -0.104. The van der Waals surface area contributed by atoms with Gasteiger partial charge in [0, 0.05) is 25.5 Å². The molecule has 1 saturated heterocycles. The third-order valence-corrected chi connectivity index (χ3v) is 7.58. The zero-order valence-electron chi connectivity index (χ0n) is 23.1. The first kappa shape index (κ1) is 27.3. The predicted molar refractivity (Wildman–Crippen MR) is 156 cm³/mol. The van der Waals surface area contributed by atoms with Crippen LogP contribution >= 0.6 is 0 Å². The highest BCUT2D eigenvalue weighted by molar-refractivity contribution is 6.01. The molecule has 0 saturated carbocycles. The Bertz CT molecular complexity index is 1470. The molecule has 0 amide bonds. The van der Waals surface area contributed by atoms with Gasteiger partial charge in [-0.1, -0.05) is 38.1 Å². The van der Waals surface area contributed by atoms with Gasteiger partial charge in [0.15, 0.2) is 6.29 Å². The molecule has 2 aliphatic rings. The van der Waals surface area contributed by atoms with E-state index >= 15 is 0 Å². The molecule has 7 nitrogen and oxygen atoms in total. The Kier molecular flexibility index (Phi) is 8.17. The van der Waals surface area contributed by atoms with Gasteiger partial charge in [-0.05, 0) is 75.1 Å². The molecule has 2 aromatic carbocycles. The van der Waals surface area contributed by atoms with Crippen molar-refractivity contribution in [2.24, 2.45) is 9.98 Å². The maximum atomic E-state index is 12.9. The fourth-order valence-electron chi connectivity index (χ4n) is 5.60. The highest BCUT2D eigenvalue weighted by atomic mass is 16.1. The minimum atomic E-state index is -0.345. The van der Waals surface area contributed by atoms with Gasteiger partial charge in [-0.3, -0.25) is 29.0 Å². The smallest absolute Gasteiger partial charge is 0.281 e. The van der Waals surface area contributed by atoms with Crippen LogP contribution in [0.25, 0.3) is 16.6 Å². The molecule has 198 valence electrons. The summed E-state index contributed by atoms with van der Waals surface area (Å²) < 4.78 is 2.20. The number of piperidine rings is 1. The molecular weight excluding hydrogens is 474 g/mol. The number of aldehydes is 1. The summed E-state index contributed by atoms with van der Waals surface area (Å²) in [5, 5.41) is 0.695. The molecule has 2 aliphatic heterocycles. The lowest BCUT2D eigenvalue weighted by atomic mass is 9.83. The van der Waals surface area contributed by atoms with Crippen molar-refractivity contribution in [2.75, 3.05) is 19.8 Å². The van der Waals surface area contributed by atoms with Crippen LogP contribution in [0, 0.1) is 6.92 Å². The van der Waals surface area contributed by atoms with Crippen LogP contribution in [0.3, 0.4) is 0 Å². The van der Waals surface area contributed by atoms with Gasteiger partial charge in [0.05, 0.1) is 34.2 Å². The van der Waals surface area contributed by atoms with Gasteiger partial charge in [-0.15, -0.1) is 0 Å². The number of fused-ring (bicyclic) bond motifs is 5. The van der Waals surface area contributed by atoms with Crippen molar-refractivity contribution in [1.29, 1.82) is 0 Å². The Morgan fingerprint density at radius 3 is 2.61 bits per heavy atom. The number of carbonyl (C=O) groups is 1. The number of rotatable bonds is 6. The highest BCUT2D eigenvalue weighted by Crippen LogP contribution is 2.44. The topological polar surface area (TPSA) is 79.9 Å². The van der Waals surface area contributed by atoms with Gasteiger partial charge >= 0.3 is 0 Å². The maximum Gasteiger partial charge on any atom is 0.281 e. The summed E-state index contributed by atoms with van der Waals surface area (Å²) >= 11 is 0. The Morgan fingerprint density at radius 1 is 1.18 bits per heavy atom. The standard InChI is InChI=1S/C29H31N5O2.C2H6/c1-19-6-5-7-24-26(19)27(36)32-28-29(2,3)23-9-8-22(14-25(23)34(24)28)21-10-12-33(13-11-21)18-31-16-20(17-35)15-30-4;1-2/h5-9,14-17,21H,4,10-13,18H2,1-3H3;1-2H3/b20-15+,31-16-;. The van der Waals surface area contributed by atoms with Crippen molar-refractivity contribution in [3.8, 4) is 5.69 Å². The van der Waals surface area contributed by atoms with Crippen LogP contribution in [0.5, 0.6) is 0 Å². The van der Waals surface area contributed by atoms with Crippen LogP contribution in [-0.4, -0.2) is 53.4 Å². The number of hydrogen-bond acceptors (Lipinski definition) is 6. The number of nitrogens with zero attached hydrogens (tertiary/aromatic N) is 5. The molecule has 0 N–H and O–H groups in total. The highest BCUT2D eigenvalue weighted by Gasteiger charge is 2.39. The summed E-state index contributed by atoms with van der Waals surface area (Å²) in [6, 6.07) is 12.8. The van der Waals surface area contributed by atoms with E-state index in [4.69, 9.17) is 0 Å². The van der Waals surface area contributed by atoms with E-state index in [1.165, 1.54) is 17.3 Å². The number of hydrogen-bond donors (Lipinski definition) is 0. The summed E-state index contributed by atoms with van der Waals surface area (Å²) in [4.78, 5) is 38.8. The molecule has 7 heteroatoms. The van der Waals surface area contributed by atoms with Crippen LogP contribution in [0.15, 0.2) is 63.0 Å². The molecule has 0 spiro atoms. The molecule has 5 rings (SSSR count). The van der Waals surface area contributed by atoms with Gasteiger partial charge in [-0.2, -0.15) is 4.98 Å². The molecule has 0 bridgehead atoms. The van der Waals surface area contributed by atoms with Gasteiger partial charge in [0.1, 0.15) is 5.82 Å². The number of carbonyl (C=O) groups excluding carboxylic acids is 1. The van der Waals surface area contributed by atoms with Crippen LogP contribution in [-0.2, 0) is 10.2 Å². The zero-order valence-corrected chi connectivity index (χ0v) is 23.1. The number of aliphatic imine (C=N–C) groups is 2. The van der Waals surface area contributed by atoms with Crippen molar-refractivity contribution in [2.45, 2.75) is 58.8 Å². The molecule has 3 heterocycles. The quantitative estimate of drug-likeness (QED) is 0.254. The average molecular weight is 512 g/mol. The van der Waals surface area contributed by atoms with Crippen LogP contribution in [0.2, 0.25) is 0 Å². The molecule has 0 radical (unpaired) electrons. The maximum absolute atomic E-state index is 12.9. The van der Waals surface area contributed by atoms with Crippen molar-refractivity contribution in [3.63, 3.8) is 0 Å².